The Kier molecular flexibility index (Phi) is 6.80. The number of benzene rings is 2. The maximum absolute atomic E-state index is 12.4. The smallest absolute Gasteiger partial charge is 0.339 e. The summed E-state index contributed by atoms with van der Waals surface area (Å²) in [6.07, 6.45) is 1.76. The second kappa shape index (κ2) is 9.70. The summed E-state index contributed by atoms with van der Waals surface area (Å²) in [5, 5.41) is 11.8. The first-order valence-corrected chi connectivity index (χ1v) is 9.82. The van der Waals surface area contributed by atoms with Crippen LogP contribution in [0.25, 0.3) is 11.4 Å². The molecule has 0 aliphatic rings. The highest BCUT2D eigenvalue weighted by molar-refractivity contribution is 7.99. The number of carbonyl (C=O) groups excluding carboxylic acids is 2. The Labute approximate surface area is 172 Å². The standard InChI is InChI=1S/C21H20N4O3S/c1-3-13-25-19(15-9-5-4-6-10-15)23-24-21(25)29-14-18(26)22-17-12-8-7-11-16(17)20(27)28-2/h3-12H,1,13-14H2,2H3,(H,22,26). The predicted molar refractivity (Wildman–Crippen MR) is 113 cm³/mol. The fraction of sp³-hybridized carbons (Fsp3) is 0.143. The average Bonchev–Trinajstić information content (AvgIpc) is 3.15. The first-order chi connectivity index (χ1) is 14.1. The Balaban J connectivity index is 1.72. The molecule has 0 aliphatic heterocycles. The first kappa shape index (κ1) is 20.3. The molecule has 1 amide bonds. The SMILES string of the molecule is C=CCn1c(SCC(=O)Nc2ccccc2C(=O)OC)nnc1-c1ccccc1. The molecule has 0 radical (unpaired) electrons. The molecule has 0 atom stereocenters. The van der Waals surface area contributed by atoms with Crippen molar-refractivity contribution < 1.29 is 14.3 Å². The lowest BCUT2D eigenvalue weighted by molar-refractivity contribution is -0.113. The molecule has 7 nitrogen and oxygen atoms in total. The Bertz CT molecular complexity index is 1020. The molecule has 1 heterocycles. The van der Waals surface area contributed by atoms with E-state index in [1.165, 1.54) is 18.9 Å². The Morgan fingerprint density at radius 2 is 1.86 bits per heavy atom. The number of amides is 1. The zero-order chi connectivity index (χ0) is 20.6. The van der Waals surface area contributed by atoms with E-state index >= 15 is 0 Å². The maximum atomic E-state index is 12.4. The van der Waals surface area contributed by atoms with Crippen molar-refractivity contribution >= 4 is 29.3 Å². The van der Waals surface area contributed by atoms with Crippen LogP contribution in [0.2, 0.25) is 0 Å². The largest absolute Gasteiger partial charge is 0.465 e. The molecule has 1 aromatic heterocycles. The van der Waals surface area contributed by atoms with Crippen LogP contribution in [0.4, 0.5) is 5.69 Å². The molecule has 0 aliphatic carbocycles. The van der Waals surface area contributed by atoms with Crippen molar-refractivity contribution in [3.8, 4) is 11.4 Å². The van der Waals surface area contributed by atoms with Crippen molar-refractivity contribution in [1.82, 2.24) is 14.8 Å². The van der Waals surface area contributed by atoms with Crippen LogP contribution in [-0.2, 0) is 16.1 Å². The number of anilines is 1. The quantitative estimate of drug-likeness (QED) is 0.348. The molecule has 2 aromatic carbocycles. The van der Waals surface area contributed by atoms with Crippen molar-refractivity contribution in [2.24, 2.45) is 0 Å². The molecule has 29 heavy (non-hydrogen) atoms. The third kappa shape index (κ3) is 4.91. The minimum atomic E-state index is -0.508. The van der Waals surface area contributed by atoms with Crippen molar-refractivity contribution in [2.45, 2.75) is 11.7 Å². The van der Waals surface area contributed by atoms with E-state index in [0.717, 1.165) is 5.56 Å². The lowest BCUT2D eigenvalue weighted by Gasteiger charge is -2.10. The number of hydrogen-bond acceptors (Lipinski definition) is 6. The van der Waals surface area contributed by atoms with Crippen LogP contribution in [0.15, 0.2) is 72.4 Å². The number of ether oxygens (including phenoxy) is 1. The predicted octanol–water partition coefficient (Wildman–Crippen LogP) is 3.65. The summed E-state index contributed by atoms with van der Waals surface area (Å²) in [4.78, 5) is 24.3. The highest BCUT2D eigenvalue weighted by Crippen LogP contribution is 2.24. The van der Waals surface area contributed by atoms with Gasteiger partial charge in [0.25, 0.3) is 0 Å². The van der Waals surface area contributed by atoms with Crippen molar-refractivity contribution in [3.05, 3.63) is 72.8 Å². The number of thioether (sulfide) groups is 1. The van der Waals surface area contributed by atoms with Crippen LogP contribution in [0.5, 0.6) is 0 Å². The van der Waals surface area contributed by atoms with Crippen molar-refractivity contribution in [2.75, 3.05) is 18.2 Å². The van der Waals surface area contributed by atoms with Crippen LogP contribution >= 0.6 is 11.8 Å². The number of para-hydroxylation sites is 1. The molecular weight excluding hydrogens is 388 g/mol. The molecule has 0 unspecified atom stereocenters. The van der Waals surface area contributed by atoms with Crippen LogP contribution in [-0.4, -0.2) is 39.5 Å². The van der Waals surface area contributed by atoms with E-state index in [1.54, 1.807) is 30.3 Å². The highest BCUT2D eigenvalue weighted by atomic mass is 32.2. The van der Waals surface area contributed by atoms with Gasteiger partial charge in [0.2, 0.25) is 5.91 Å². The summed E-state index contributed by atoms with van der Waals surface area (Å²) in [6.45, 7) is 4.31. The Hall–Kier alpha value is -3.39. The monoisotopic (exact) mass is 408 g/mol. The number of nitrogens with one attached hydrogen (secondary N) is 1. The van der Waals surface area contributed by atoms with E-state index in [2.05, 4.69) is 22.1 Å². The number of carbonyl (C=O) groups is 2. The lowest BCUT2D eigenvalue weighted by atomic mass is 10.2. The molecule has 3 aromatic rings. The van der Waals surface area contributed by atoms with E-state index in [-0.39, 0.29) is 11.7 Å². The fourth-order valence-corrected chi connectivity index (χ4v) is 3.43. The van der Waals surface area contributed by atoms with E-state index in [9.17, 15) is 9.59 Å². The van der Waals surface area contributed by atoms with Gasteiger partial charge >= 0.3 is 5.97 Å². The zero-order valence-corrected chi connectivity index (χ0v) is 16.7. The summed E-state index contributed by atoms with van der Waals surface area (Å²) >= 11 is 1.26. The van der Waals surface area contributed by atoms with Crippen molar-refractivity contribution in [3.63, 3.8) is 0 Å². The molecule has 0 saturated heterocycles. The lowest BCUT2D eigenvalue weighted by Crippen LogP contribution is -2.17. The number of rotatable bonds is 8. The average molecular weight is 408 g/mol. The summed E-state index contributed by atoms with van der Waals surface area (Å²) in [5.41, 5.74) is 1.64. The molecule has 0 saturated carbocycles. The third-order valence-electron chi connectivity index (χ3n) is 4.00. The molecule has 1 N–H and O–H groups in total. The topological polar surface area (TPSA) is 86.1 Å². The van der Waals surface area contributed by atoms with Gasteiger partial charge in [-0.05, 0) is 12.1 Å². The summed E-state index contributed by atoms with van der Waals surface area (Å²) in [6, 6.07) is 16.4. The Morgan fingerprint density at radius 3 is 2.59 bits per heavy atom. The van der Waals surface area contributed by atoms with Crippen LogP contribution in [0, 0.1) is 0 Å². The van der Waals surface area contributed by atoms with Gasteiger partial charge in [-0.2, -0.15) is 0 Å². The number of hydrogen-bond donors (Lipinski definition) is 1. The van der Waals surface area contributed by atoms with Crippen LogP contribution < -0.4 is 5.32 Å². The molecule has 0 bridgehead atoms. The normalized spacial score (nSPS) is 10.4. The summed E-state index contributed by atoms with van der Waals surface area (Å²) < 4.78 is 6.65. The van der Waals surface area contributed by atoms with Gasteiger partial charge in [0.15, 0.2) is 11.0 Å². The molecule has 0 fully saturated rings. The van der Waals surface area contributed by atoms with E-state index in [0.29, 0.717) is 28.8 Å². The van der Waals surface area contributed by atoms with E-state index < -0.39 is 5.97 Å². The van der Waals surface area contributed by atoms with E-state index in [4.69, 9.17) is 4.74 Å². The van der Waals surface area contributed by atoms with Gasteiger partial charge < -0.3 is 10.1 Å². The van der Waals surface area contributed by atoms with E-state index in [1.807, 2.05) is 34.9 Å². The molecular formula is C21H20N4O3S. The van der Waals surface area contributed by atoms with Gasteiger partial charge in [-0.3, -0.25) is 9.36 Å². The van der Waals surface area contributed by atoms with Gasteiger partial charge in [-0.15, -0.1) is 16.8 Å². The maximum Gasteiger partial charge on any atom is 0.339 e. The number of aromatic nitrogens is 3. The van der Waals surface area contributed by atoms with Gasteiger partial charge in [-0.1, -0.05) is 60.3 Å². The second-order valence-electron chi connectivity index (χ2n) is 5.95. The second-order valence-corrected chi connectivity index (χ2v) is 6.89. The number of allylic oxidation sites excluding steroid dienone is 1. The van der Waals surface area contributed by atoms with Gasteiger partial charge in [0, 0.05) is 12.1 Å². The minimum Gasteiger partial charge on any atom is -0.465 e. The van der Waals surface area contributed by atoms with Gasteiger partial charge in [0.05, 0.1) is 24.1 Å². The van der Waals surface area contributed by atoms with Crippen LogP contribution in [0.3, 0.4) is 0 Å². The molecule has 148 valence electrons. The summed E-state index contributed by atoms with van der Waals surface area (Å²) in [5.74, 6) is 0.0523. The Morgan fingerprint density at radius 1 is 1.14 bits per heavy atom. The molecule has 0 spiro atoms. The minimum absolute atomic E-state index is 0.111. The first-order valence-electron chi connectivity index (χ1n) is 8.83. The zero-order valence-electron chi connectivity index (χ0n) is 15.9. The highest BCUT2D eigenvalue weighted by Gasteiger charge is 2.16. The van der Waals surface area contributed by atoms with Crippen molar-refractivity contribution in [1.29, 1.82) is 0 Å². The van der Waals surface area contributed by atoms with Gasteiger partial charge in [-0.25, -0.2) is 4.79 Å². The molecule has 3 rings (SSSR count). The number of esters is 1. The summed E-state index contributed by atoms with van der Waals surface area (Å²) in [7, 11) is 1.30. The third-order valence-corrected chi connectivity index (χ3v) is 4.97. The number of methoxy groups -OCH3 is 1. The van der Waals surface area contributed by atoms with Crippen LogP contribution in [0.1, 0.15) is 10.4 Å². The number of nitrogens with zero attached hydrogens (tertiary/aromatic N) is 3. The molecule has 8 heteroatoms. The van der Waals surface area contributed by atoms with Gasteiger partial charge in [0.1, 0.15) is 0 Å². The fourth-order valence-electron chi connectivity index (χ4n) is 2.69.